The van der Waals surface area contributed by atoms with Gasteiger partial charge in [0.2, 0.25) is 0 Å². The molecule has 1 aliphatic carbocycles. The molecule has 2 aromatic rings. The van der Waals surface area contributed by atoms with Crippen LogP contribution < -0.4 is 15.3 Å². The van der Waals surface area contributed by atoms with E-state index in [1.54, 1.807) is 11.0 Å². The minimum absolute atomic E-state index is 0.0582. The number of fused-ring (bicyclic) bond motifs is 1. The lowest BCUT2D eigenvalue weighted by Gasteiger charge is -2.37. The Morgan fingerprint density at radius 1 is 1.15 bits per heavy atom. The van der Waals surface area contributed by atoms with Gasteiger partial charge in [0, 0.05) is 37.0 Å². The van der Waals surface area contributed by atoms with Gasteiger partial charge in [-0.15, -0.1) is 0 Å². The molecule has 1 unspecified atom stereocenters. The van der Waals surface area contributed by atoms with E-state index in [1.807, 2.05) is 36.4 Å². The van der Waals surface area contributed by atoms with Gasteiger partial charge in [0.25, 0.3) is 0 Å². The molecule has 1 saturated heterocycles. The van der Waals surface area contributed by atoms with E-state index >= 15 is 0 Å². The number of piperidine rings is 1. The van der Waals surface area contributed by atoms with Crippen molar-refractivity contribution < 1.29 is 29.0 Å². The summed E-state index contributed by atoms with van der Waals surface area (Å²) in [6.45, 7) is 2.44. The van der Waals surface area contributed by atoms with Gasteiger partial charge in [-0.1, -0.05) is 36.4 Å². The van der Waals surface area contributed by atoms with Crippen molar-refractivity contribution in [2.24, 2.45) is 16.8 Å². The minimum atomic E-state index is -0.855. The maximum Gasteiger partial charge on any atom is 0.410 e. The van der Waals surface area contributed by atoms with Crippen LogP contribution >= 0.6 is 0 Å². The minimum Gasteiger partial charge on any atom is -0.490 e. The number of ether oxygens (including phenoxy) is 3. The molecule has 1 N–H and O–H groups in total. The van der Waals surface area contributed by atoms with E-state index in [-0.39, 0.29) is 36.1 Å². The van der Waals surface area contributed by atoms with Gasteiger partial charge >= 0.3 is 11.8 Å². The Balaban J connectivity index is 1.03. The summed E-state index contributed by atoms with van der Waals surface area (Å²) in [6, 6.07) is 12.8. The number of carbonyl (C=O) groups excluding carboxylic acids is 1. The number of nitro benzene ring substituents is 1. The summed E-state index contributed by atoms with van der Waals surface area (Å²) in [4.78, 5) is 29.9. The molecular weight excluding hydrogens is 514 g/mol. The molecule has 2 aliphatic heterocycles. The second kappa shape index (κ2) is 12.3. The number of carbonyl (C=O) groups is 1. The molecule has 0 aromatic heterocycles. The summed E-state index contributed by atoms with van der Waals surface area (Å²) in [5.74, 6) is 0.832. The number of nitro groups is 1. The van der Waals surface area contributed by atoms with Gasteiger partial charge in [0.15, 0.2) is 5.75 Å². The molecule has 10 heteroatoms. The van der Waals surface area contributed by atoms with E-state index in [2.05, 4.69) is 0 Å². The maximum absolute atomic E-state index is 12.4. The van der Waals surface area contributed by atoms with Gasteiger partial charge in [0.1, 0.15) is 6.61 Å². The highest BCUT2D eigenvalue weighted by Crippen LogP contribution is 2.36. The summed E-state index contributed by atoms with van der Waals surface area (Å²) in [5.41, 5.74) is 0.0578. The quantitative estimate of drug-likeness (QED) is 0.374. The molecule has 5 rings (SSSR count). The lowest BCUT2D eigenvalue weighted by atomic mass is 9.76. The lowest BCUT2D eigenvalue weighted by molar-refractivity contribution is -0.385. The predicted molar refractivity (Wildman–Crippen MR) is 147 cm³/mol. The highest BCUT2D eigenvalue weighted by atomic mass is 16.6. The zero-order valence-corrected chi connectivity index (χ0v) is 22.9. The number of likely N-dealkylation sites (tertiary alicyclic amines) is 1. The first-order valence-corrected chi connectivity index (χ1v) is 14.0. The third-order valence-corrected chi connectivity index (χ3v) is 8.41. The smallest absolute Gasteiger partial charge is 0.410 e. The fourth-order valence-electron chi connectivity index (χ4n) is 5.92. The molecule has 1 atom stereocenters. The van der Waals surface area contributed by atoms with Crippen molar-refractivity contribution in [2.45, 2.75) is 56.8 Å². The molecule has 1 amide bonds. The van der Waals surface area contributed by atoms with Crippen molar-refractivity contribution in [2.75, 3.05) is 33.4 Å². The first-order chi connectivity index (χ1) is 19.3. The highest BCUT2D eigenvalue weighted by molar-refractivity contribution is 5.67. The monoisotopic (exact) mass is 551 g/mol. The van der Waals surface area contributed by atoms with E-state index in [0.29, 0.717) is 50.4 Å². The Labute approximate surface area is 233 Å². The van der Waals surface area contributed by atoms with Gasteiger partial charge in [-0.3, -0.25) is 15.1 Å². The third kappa shape index (κ3) is 6.62. The number of hydrogen-bond acceptors (Lipinski definition) is 8. The molecule has 1 saturated carbocycles. The van der Waals surface area contributed by atoms with Crippen LogP contribution in [0.5, 0.6) is 5.75 Å². The molecule has 2 aromatic carbocycles. The fourth-order valence-corrected chi connectivity index (χ4v) is 5.92. The normalized spacial score (nSPS) is 24.5. The molecule has 10 nitrogen and oxygen atoms in total. The first-order valence-electron chi connectivity index (χ1n) is 14.0. The van der Waals surface area contributed by atoms with Crippen LogP contribution in [0.3, 0.4) is 0 Å². The number of aliphatic hydroxyl groups is 1. The Kier molecular flexibility index (Phi) is 8.66. The van der Waals surface area contributed by atoms with E-state index in [9.17, 15) is 20.0 Å². The van der Waals surface area contributed by atoms with Crippen molar-refractivity contribution in [1.82, 2.24) is 4.90 Å². The average Bonchev–Trinajstić information content (AvgIpc) is 3.39. The van der Waals surface area contributed by atoms with Crippen LogP contribution in [0.15, 0.2) is 47.5 Å². The number of hydrogen-bond donors (Lipinski definition) is 1. The second-order valence-corrected chi connectivity index (χ2v) is 11.2. The van der Waals surface area contributed by atoms with E-state index in [4.69, 9.17) is 19.2 Å². The van der Waals surface area contributed by atoms with Gasteiger partial charge in [0.05, 0.1) is 35.6 Å². The number of amides is 1. The zero-order valence-electron chi connectivity index (χ0n) is 22.9. The average molecular weight is 552 g/mol. The molecule has 2 fully saturated rings. The van der Waals surface area contributed by atoms with Crippen molar-refractivity contribution in [3.05, 3.63) is 68.7 Å². The molecule has 3 aliphatic rings. The molecule has 0 radical (unpaired) electrons. The van der Waals surface area contributed by atoms with E-state index in [0.717, 1.165) is 36.5 Å². The van der Waals surface area contributed by atoms with Crippen molar-refractivity contribution in [1.29, 1.82) is 0 Å². The maximum atomic E-state index is 12.4. The van der Waals surface area contributed by atoms with Crippen LogP contribution in [0.2, 0.25) is 0 Å². The number of benzene rings is 2. The standard InChI is InChI=1S/C30H37N3O7/c1-38-28-17-26-24(16-27(28)33(36)37)15-25(31-26)23-7-11-30(35,12-8-23)20-39-18-22-9-13-32(14-10-22)29(34)40-19-21-5-3-2-4-6-21/h2-6,15-17,22-23,25,35H,7-14,18-20H2,1H3. The number of methoxy groups -OCH3 is 1. The molecule has 2 heterocycles. The summed E-state index contributed by atoms with van der Waals surface area (Å²) in [6.07, 6.45) is 6.29. The SMILES string of the molecule is COc1cc2c(cc1[N+](=O)[O-])=CC(C1CCC(O)(COCC3CCN(C(=O)OCc4ccccc4)CC3)CC1)N=2. The Hall–Kier alpha value is -3.50. The summed E-state index contributed by atoms with van der Waals surface area (Å²) < 4.78 is 16.6. The van der Waals surface area contributed by atoms with E-state index in [1.165, 1.54) is 13.2 Å². The van der Waals surface area contributed by atoms with Crippen LogP contribution in [-0.4, -0.2) is 66.1 Å². The van der Waals surface area contributed by atoms with Crippen LogP contribution in [0, 0.1) is 22.0 Å². The largest absolute Gasteiger partial charge is 0.490 e. The van der Waals surface area contributed by atoms with E-state index < -0.39 is 10.5 Å². The topological polar surface area (TPSA) is 124 Å². The van der Waals surface area contributed by atoms with Crippen molar-refractivity contribution in [3.63, 3.8) is 0 Å². The Morgan fingerprint density at radius 2 is 1.88 bits per heavy atom. The first kappa shape index (κ1) is 28.0. The third-order valence-electron chi connectivity index (χ3n) is 8.41. The van der Waals surface area contributed by atoms with Gasteiger partial charge in [-0.05, 0) is 55.9 Å². The molecule has 0 bridgehead atoms. The summed E-state index contributed by atoms with van der Waals surface area (Å²) in [5, 5.41) is 24.0. The molecule has 0 spiro atoms. The number of nitrogens with zero attached hydrogens (tertiary/aromatic N) is 3. The summed E-state index contributed by atoms with van der Waals surface area (Å²) in [7, 11) is 1.42. The van der Waals surface area contributed by atoms with Crippen LogP contribution in [0.1, 0.15) is 44.1 Å². The Morgan fingerprint density at radius 3 is 2.55 bits per heavy atom. The zero-order chi connectivity index (χ0) is 28.1. The highest BCUT2D eigenvalue weighted by Gasteiger charge is 2.37. The summed E-state index contributed by atoms with van der Waals surface area (Å²) >= 11 is 0. The molecular formula is C30H37N3O7. The van der Waals surface area contributed by atoms with Crippen LogP contribution in [0.25, 0.3) is 6.08 Å². The van der Waals surface area contributed by atoms with Gasteiger partial charge in [-0.2, -0.15) is 0 Å². The fraction of sp³-hybridized carbons (Fsp3) is 0.533. The van der Waals surface area contributed by atoms with Crippen molar-refractivity contribution in [3.8, 4) is 5.75 Å². The Bertz CT molecular complexity index is 1320. The predicted octanol–water partition coefficient (Wildman–Crippen LogP) is 3.37. The second-order valence-electron chi connectivity index (χ2n) is 11.2. The van der Waals surface area contributed by atoms with Crippen LogP contribution in [0.4, 0.5) is 10.5 Å². The lowest BCUT2D eigenvalue weighted by Crippen LogP contribution is -2.42. The molecule has 214 valence electrons. The van der Waals surface area contributed by atoms with Crippen molar-refractivity contribution >= 4 is 17.9 Å². The van der Waals surface area contributed by atoms with Crippen LogP contribution in [-0.2, 0) is 16.1 Å². The number of rotatable bonds is 9. The van der Waals surface area contributed by atoms with Gasteiger partial charge < -0.3 is 24.2 Å². The van der Waals surface area contributed by atoms with Gasteiger partial charge in [-0.25, -0.2) is 4.79 Å². The molecule has 40 heavy (non-hydrogen) atoms.